The van der Waals surface area contributed by atoms with Crippen LogP contribution in [0.2, 0.25) is 0 Å². The summed E-state index contributed by atoms with van der Waals surface area (Å²) >= 11 is 0. The van der Waals surface area contributed by atoms with Gasteiger partial charge < -0.3 is 13.9 Å². The topological polar surface area (TPSA) is 138 Å². The molecule has 0 spiro atoms. The molecule has 1 aromatic heterocycles. The number of hydrogen-bond acceptors (Lipinski definition) is 8. The largest absolute Gasteiger partial charge is 0.460 e. The van der Waals surface area contributed by atoms with Crippen LogP contribution in [0, 0.1) is 17.0 Å². The molecule has 0 unspecified atom stereocenters. The molecule has 3 aromatic carbocycles. The van der Waals surface area contributed by atoms with Gasteiger partial charge in [-0.25, -0.2) is 13.2 Å². The summed E-state index contributed by atoms with van der Waals surface area (Å²) in [7, 11) is -2.71. The standard InChI is InChI=1S/C23H20N2O8S/c1-14-21(23(26)32-11-10-31-2)19-13-20(17-8-3-4-9-18(17)22(19)33-14)24-34(29,30)16-7-5-6-15(12-16)25(27)28/h3-9,12-13,24H,10-11H2,1-2H3. The zero-order valence-electron chi connectivity index (χ0n) is 18.2. The van der Waals surface area contributed by atoms with Gasteiger partial charge in [-0.3, -0.25) is 14.8 Å². The van der Waals surface area contributed by atoms with E-state index in [-0.39, 0.29) is 35.0 Å². The molecule has 0 fully saturated rings. The third kappa shape index (κ3) is 4.30. The van der Waals surface area contributed by atoms with E-state index in [2.05, 4.69) is 4.72 Å². The Labute approximate surface area is 194 Å². The van der Waals surface area contributed by atoms with Gasteiger partial charge in [0.25, 0.3) is 15.7 Å². The number of methoxy groups -OCH3 is 1. The molecule has 0 radical (unpaired) electrons. The van der Waals surface area contributed by atoms with E-state index in [0.29, 0.717) is 27.5 Å². The molecule has 1 N–H and O–H groups in total. The molecular formula is C23H20N2O8S. The highest BCUT2D eigenvalue weighted by atomic mass is 32.2. The van der Waals surface area contributed by atoms with Gasteiger partial charge in [0.2, 0.25) is 0 Å². The lowest BCUT2D eigenvalue weighted by atomic mass is 10.0. The van der Waals surface area contributed by atoms with E-state index in [0.717, 1.165) is 6.07 Å². The van der Waals surface area contributed by atoms with E-state index in [1.54, 1.807) is 31.2 Å². The van der Waals surface area contributed by atoms with E-state index in [1.807, 2.05) is 0 Å². The lowest BCUT2D eigenvalue weighted by Gasteiger charge is -2.12. The quantitative estimate of drug-likeness (QED) is 0.168. The van der Waals surface area contributed by atoms with Crippen LogP contribution in [-0.2, 0) is 19.5 Å². The number of esters is 1. The van der Waals surface area contributed by atoms with Gasteiger partial charge in [0.1, 0.15) is 23.5 Å². The van der Waals surface area contributed by atoms with Crippen molar-refractivity contribution in [2.45, 2.75) is 11.8 Å². The van der Waals surface area contributed by atoms with Crippen molar-refractivity contribution in [1.82, 2.24) is 0 Å². The third-order valence-electron chi connectivity index (χ3n) is 5.18. The van der Waals surface area contributed by atoms with Crippen molar-refractivity contribution in [3.8, 4) is 0 Å². The van der Waals surface area contributed by atoms with E-state index in [1.165, 1.54) is 31.4 Å². The Morgan fingerprint density at radius 1 is 1.06 bits per heavy atom. The van der Waals surface area contributed by atoms with Gasteiger partial charge in [0.05, 0.1) is 22.1 Å². The molecule has 0 aliphatic heterocycles. The molecule has 0 amide bonds. The smallest absolute Gasteiger partial charge is 0.342 e. The summed E-state index contributed by atoms with van der Waals surface area (Å²) in [6.45, 7) is 1.88. The van der Waals surface area contributed by atoms with Crippen LogP contribution < -0.4 is 4.72 Å². The minimum Gasteiger partial charge on any atom is -0.460 e. The average molecular weight is 484 g/mol. The summed E-state index contributed by atoms with van der Waals surface area (Å²) in [5.74, 6) is -0.308. The number of benzene rings is 3. The number of non-ortho nitro benzene ring substituents is 1. The fraction of sp³-hybridized carbons (Fsp3) is 0.174. The number of fused-ring (bicyclic) bond motifs is 3. The Hall–Kier alpha value is -3.96. The third-order valence-corrected chi connectivity index (χ3v) is 6.54. The first-order valence-electron chi connectivity index (χ1n) is 10.1. The second kappa shape index (κ2) is 9.12. The number of nitrogens with zero attached hydrogens (tertiary/aromatic N) is 1. The predicted molar refractivity (Wildman–Crippen MR) is 125 cm³/mol. The van der Waals surface area contributed by atoms with Crippen LogP contribution in [0.15, 0.2) is 63.9 Å². The summed E-state index contributed by atoms with van der Waals surface area (Å²) in [6, 6.07) is 13.2. The number of carbonyl (C=O) groups is 1. The highest BCUT2D eigenvalue weighted by Gasteiger charge is 2.24. The molecule has 0 aliphatic carbocycles. The molecule has 0 atom stereocenters. The lowest BCUT2D eigenvalue weighted by Crippen LogP contribution is -2.14. The number of carbonyl (C=O) groups excluding carboxylic acids is 1. The van der Waals surface area contributed by atoms with Crippen LogP contribution in [0.3, 0.4) is 0 Å². The maximum absolute atomic E-state index is 13.1. The van der Waals surface area contributed by atoms with Gasteiger partial charge in [-0.1, -0.05) is 30.3 Å². The molecule has 10 nitrogen and oxygen atoms in total. The van der Waals surface area contributed by atoms with Crippen LogP contribution in [0.25, 0.3) is 21.7 Å². The van der Waals surface area contributed by atoms with Gasteiger partial charge in [0.15, 0.2) is 0 Å². The highest BCUT2D eigenvalue weighted by molar-refractivity contribution is 7.92. The van der Waals surface area contributed by atoms with Crippen LogP contribution in [0.4, 0.5) is 11.4 Å². The van der Waals surface area contributed by atoms with E-state index in [9.17, 15) is 23.3 Å². The van der Waals surface area contributed by atoms with Gasteiger partial charge in [0, 0.05) is 35.4 Å². The number of rotatable bonds is 8. The average Bonchev–Trinajstić information content (AvgIpc) is 3.15. The van der Waals surface area contributed by atoms with E-state index in [4.69, 9.17) is 13.9 Å². The van der Waals surface area contributed by atoms with Crippen LogP contribution >= 0.6 is 0 Å². The molecule has 0 saturated heterocycles. The molecule has 4 aromatic rings. The van der Waals surface area contributed by atoms with Crippen molar-refractivity contribution in [2.75, 3.05) is 25.0 Å². The summed E-state index contributed by atoms with van der Waals surface area (Å²) < 4.78 is 44.7. The number of ether oxygens (including phenoxy) is 2. The fourth-order valence-corrected chi connectivity index (χ4v) is 4.74. The number of anilines is 1. The Morgan fingerprint density at radius 2 is 1.79 bits per heavy atom. The van der Waals surface area contributed by atoms with Crippen LogP contribution in [0.5, 0.6) is 0 Å². The maximum atomic E-state index is 13.1. The maximum Gasteiger partial charge on any atom is 0.342 e. The summed E-state index contributed by atoms with van der Waals surface area (Å²) in [6.07, 6.45) is 0. The number of nitrogens with one attached hydrogen (secondary N) is 1. The molecule has 0 saturated carbocycles. The van der Waals surface area contributed by atoms with Crippen molar-refractivity contribution in [1.29, 1.82) is 0 Å². The number of nitro benzene ring substituents is 1. The van der Waals surface area contributed by atoms with E-state index < -0.39 is 20.9 Å². The summed E-state index contributed by atoms with van der Waals surface area (Å²) in [5, 5.41) is 12.6. The number of furan rings is 1. The lowest BCUT2D eigenvalue weighted by molar-refractivity contribution is -0.385. The molecule has 4 rings (SSSR count). The Morgan fingerprint density at radius 3 is 2.50 bits per heavy atom. The number of nitro groups is 1. The van der Waals surface area contributed by atoms with Gasteiger partial charge >= 0.3 is 5.97 Å². The van der Waals surface area contributed by atoms with Crippen molar-refractivity contribution < 1.29 is 32.0 Å². The summed E-state index contributed by atoms with van der Waals surface area (Å²) in [4.78, 5) is 22.9. The number of hydrogen-bond donors (Lipinski definition) is 1. The second-order valence-corrected chi connectivity index (χ2v) is 9.05. The predicted octanol–water partition coefficient (Wildman–Crippen LogP) is 4.41. The minimum atomic E-state index is -4.19. The molecule has 11 heteroatoms. The first-order valence-corrected chi connectivity index (χ1v) is 11.6. The van der Waals surface area contributed by atoms with E-state index >= 15 is 0 Å². The Kier molecular flexibility index (Phi) is 6.22. The zero-order valence-corrected chi connectivity index (χ0v) is 19.0. The SMILES string of the molecule is COCCOC(=O)c1c(C)oc2c1cc(NS(=O)(=O)c1cccc([N+](=O)[O-])c1)c1ccccc12. The minimum absolute atomic E-state index is 0.0430. The molecule has 1 heterocycles. The normalized spacial score (nSPS) is 11.6. The van der Waals surface area contributed by atoms with Crippen LogP contribution in [0.1, 0.15) is 16.1 Å². The Bertz CT molecular complexity index is 1530. The van der Waals surface area contributed by atoms with Crippen LogP contribution in [-0.4, -0.2) is 39.6 Å². The zero-order chi connectivity index (χ0) is 24.5. The fourth-order valence-electron chi connectivity index (χ4n) is 3.63. The van der Waals surface area contributed by atoms with Crippen molar-refractivity contribution >= 4 is 49.1 Å². The Balaban J connectivity index is 1.85. The van der Waals surface area contributed by atoms with Crippen molar-refractivity contribution in [2.24, 2.45) is 0 Å². The molecular weight excluding hydrogens is 464 g/mol. The number of aryl methyl sites for hydroxylation is 1. The first kappa shape index (κ1) is 23.2. The molecule has 176 valence electrons. The molecule has 0 bridgehead atoms. The van der Waals surface area contributed by atoms with Crippen molar-refractivity contribution in [3.05, 3.63) is 76.0 Å². The highest BCUT2D eigenvalue weighted by Crippen LogP contribution is 2.37. The van der Waals surface area contributed by atoms with Gasteiger partial charge in [-0.2, -0.15) is 0 Å². The van der Waals surface area contributed by atoms with Gasteiger partial charge in [-0.15, -0.1) is 0 Å². The first-order chi connectivity index (χ1) is 16.2. The molecule has 0 aliphatic rings. The second-order valence-electron chi connectivity index (χ2n) is 7.37. The number of sulfonamides is 1. The molecule has 34 heavy (non-hydrogen) atoms. The van der Waals surface area contributed by atoms with Crippen molar-refractivity contribution in [3.63, 3.8) is 0 Å². The summed E-state index contributed by atoms with van der Waals surface area (Å²) in [5.41, 5.74) is 0.411. The monoisotopic (exact) mass is 484 g/mol. The van der Waals surface area contributed by atoms with Gasteiger partial charge in [-0.05, 0) is 19.1 Å².